The number of amides is 2. The first-order chi connectivity index (χ1) is 15.3. The van der Waals surface area contributed by atoms with Crippen LogP contribution >= 0.6 is 0 Å². The van der Waals surface area contributed by atoms with Gasteiger partial charge >= 0.3 is 0 Å². The van der Waals surface area contributed by atoms with Gasteiger partial charge in [-0.15, -0.1) is 0 Å². The molecule has 3 aromatic rings. The number of benzene rings is 3. The monoisotopic (exact) mass is 428 g/mol. The third-order valence-corrected chi connectivity index (χ3v) is 5.89. The molecule has 0 unspecified atom stereocenters. The summed E-state index contributed by atoms with van der Waals surface area (Å²) in [6.07, 6.45) is 0. The quantitative estimate of drug-likeness (QED) is 0.550. The Morgan fingerprint density at radius 2 is 1.56 bits per heavy atom. The SMILES string of the molecule is Cc1ccc(NC2=C(c3ccc(C)c(C)c3)C(=O)N(Cc3ccccc3F)C2=O)c(C)c1. The molecule has 1 heterocycles. The maximum absolute atomic E-state index is 14.3. The smallest absolute Gasteiger partial charge is 0.278 e. The van der Waals surface area contributed by atoms with Crippen LogP contribution in [0.2, 0.25) is 0 Å². The molecular weight excluding hydrogens is 403 g/mol. The number of carbonyl (C=O) groups is 2. The number of halogens is 1. The van der Waals surface area contributed by atoms with Crippen molar-refractivity contribution >= 4 is 23.1 Å². The van der Waals surface area contributed by atoms with Crippen LogP contribution in [0.1, 0.15) is 33.4 Å². The van der Waals surface area contributed by atoms with Gasteiger partial charge in [-0.2, -0.15) is 0 Å². The summed E-state index contributed by atoms with van der Waals surface area (Å²) in [5.41, 5.74) is 6.40. The van der Waals surface area contributed by atoms with Crippen molar-refractivity contribution in [3.8, 4) is 0 Å². The predicted octanol–water partition coefficient (Wildman–Crippen LogP) is 5.45. The van der Waals surface area contributed by atoms with E-state index in [4.69, 9.17) is 0 Å². The zero-order valence-corrected chi connectivity index (χ0v) is 18.6. The summed E-state index contributed by atoms with van der Waals surface area (Å²) >= 11 is 0. The van der Waals surface area contributed by atoms with E-state index < -0.39 is 17.6 Å². The normalized spacial score (nSPS) is 13.8. The number of aryl methyl sites for hydroxylation is 4. The molecule has 4 rings (SSSR count). The molecule has 0 bridgehead atoms. The summed E-state index contributed by atoms with van der Waals surface area (Å²) in [6.45, 7) is 7.78. The number of nitrogens with zero attached hydrogens (tertiary/aromatic N) is 1. The molecule has 0 radical (unpaired) electrons. The van der Waals surface area contributed by atoms with Crippen LogP contribution in [0.3, 0.4) is 0 Å². The van der Waals surface area contributed by atoms with Gasteiger partial charge < -0.3 is 5.32 Å². The Balaban J connectivity index is 1.80. The highest BCUT2D eigenvalue weighted by molar-refractivity contribution is 6.36. The van der Waals surface area contributed by atoms with Crippen LogP contribution in [0.4, 0.5) is 10.1 Å². The second kappa shape index (κ2) is 8.42. The van der Waals surface area contributed by atoms with Crippen molar-refractivity contribution in [2.24, 2.45) is 0 Å². The molecule has 0 aromatic heterocycles. The highest BCUT2D eigenvalue weighted by Gasteiger charge is 2.39. The molecule has 4 nitrogen and oxygen atoms in total. The number of rotatable bonds is 5. The number of imide groups is 1. The number of carbonyl (C=O) groups excluding carboxylic acids is 2. The van der Waals surface area contributed by atoms with Gasteiger partial charge in [0.2, 0.25) is 0 Å². The zero-order valence-electron chi connectivity index (χ0n) is 18.6. The van der Waals surface area contributed by atoms with Gasteiger partial charge in [0.25, 0.3) is 11.8 Å². The summed E-state index contributed by atoms with van der Waals surface area (Å²) in [5.74, 6) is -1.35. The molecule has 0 spiro atoms. The van der Waals surface area contributed by atoms with Crippen LogP contribution in [0.5, 0.6) is 0 Å². The first-order valence-corrected chi connectivity index (χ1v) is 10.5. The van der Waals surface area contributed by atoms with Crippen molar-refractivity contribution < 1.29 is 14.0 Å². The van der Waals surface area contributed by atoms with E-state index in [1.807, 2.05) is 64.1 Å². The number of nitrogens with one attached hydrogen (secondary N) is 1. The Bertz CT molecular complexity index is 1280. The molecule has 0 aliphatic carbocycles. The first-order valence-electron chi connectivity index (χ1n) is 10.5. The maximum Gasteiger partial charge on any atom is 0.278 e. The van der Waals surface area contributed by atoms with Gasteiger partial charge in [-0.1, -0.05) is 54.1 Å². The van der Waals surface area contributed by atoms with Gasteiger partial charge in [-0.3, -0.25) is 14.5 Å². The molecule has 0 atom stereocenters. The Morgan fingerprint density at radius 1 is 0.812 bits per heavy atom. The lowest BCUT2D eigenvalue weighted by Crippen LogP contribution is -2.32. The van der Waals surface area contributed by atoms with Gasteiger partial charge in [-0.05, 0) is 62.1 Å². The van der Waals surface area contributed by atoms with Gasteiger partial charge in [-0.25, -0.2) is 4.39 Å². The van der Waals surface area contributed by atoms with Crippen LogP contribution in [0.15, 0.2) is 66.4 Å². The van der Waals surface area contributed by atoms with Gasteiger partial charge in [0.15, 0.2) is 0 Å². The highest BCUT2D eigenvalue weighted by Crippen LogP contribution is 2.33. The van der Waals surface area contributed by atoms with E-state index in [9.17, 15) is 14.0 Å². The lowest BCUT2D eigenvalue weighted by Gasteiger charge is -2.16. The maximum atomic E-state index is 14.3. The van der Waals surface area contributed by atoms with E-state index in [0.717, 1.165) is 32.8 Å². The minimum atomic E-state index is -0.466. The largest absolute Gasteiger partial charge is 0.350 e. The molecule has 1 aliphatic rings. The molecule has 32 heavy (non-hydrogen) atoms. The molecule has 0 saturated heterocycles. The summed E-state index contributed by atoms with van der Waals surface area (Å²) in [6, 6.07) is 17.7. The Morgan fingerprint density at radius 3 is 2.25 bits per heavy atom. The summed E-state index contributed by atoms with van der Waals surface area (Å²) in [7, 11) is 0. The lowest BCUT2D eigenvalue weighted by molar-refractivity contribution is -0.137. The minimum Gasteiger partial charge on any atom is -0.350 e. The van der Waals surface area contributed by atoms with Crippen molar-refractivity contribution in [1.82, 2.24) is 4.90 Å². The summed E-state index contributed by atoms with van der Waals surface area (Å²) in [5, 5.41) is 3.20. The van der Waals surface area contributed by atoms with Crippen molar-refractivity contribution in [2.45, 2.75) is 34.2 Å². The van der Waals surface area contributed by atoms with E-state index in [1.54, 1.807) is 18.2 Å². The fraction of sp³-hybridized carbons (Fsp3) is 0.185. The Kier molecular flexibility index (Phi) is 5.66. The second-order valence-corrected chi connectivity index (χ2v) is 8.28. The first kappa shape index (κ1) is 21.5. The predicted molar refractivity (Wildman–Crippen MR) is 124 cm³/mol. The number of hydrogen-bond acceptors (Lipinski definition) is 3. The van der Waals surface area contributed by atoms with E-state index in [2.05, 4.69) is 5.32 Å². The van der Waals surface area contributed by atoms with Crippen molar-refractivity contribution in [3.05, 3.63) is 106 Å². The fourth-order valence-corrected chi connectivity index (χ4v) is 3.89. The molecule has 3 aromatic carbocycles. The fourth-order valence-electron chi connectivity index (χ4n) is 3.89. The van der Waals surface area contributed by atoms with E-state index in [1.165, 1.54) is 6.07 Å². The average molecular weight is 429 g/mol. The number of anilines is 1. The Labute approximate surface area is 187 Å². The van der Waals surface area contributed by atoms with Gasteiger partial charge in [0, 0.05) is 11.3 Å². The topological polar surface area (TPSA) is 49.4 Å². The third-order valence-electron chi connectivity index (χ3n) is 5.89. The van der Waals surface area contributed by atoms with E-state index >= 15 is 0 Å². The van der Waals surface area contributed by atoms with Crippen molar-refractivity contribution in [1.29, 1.82) is 0 Å². The molecule has 1 N–H and O–H groups in total. The third kappa shape index (κ3) is 3.94. The Hall–Kier alpha value is -3.73. The van der Waals surface area contributed by atoms with Crippen LogP contribution in [-0.2, 0) is 16.1 Å². The summed E-state index contributed by atoms with van der Waals surface area (Å²) in [4.78, 5) is 28.0. The van der Waals surface area contributed by atoms with Gasteiger partial charge in [0.1, 0.15) is 11.5 Å². The van der Waals surface area contributed by atoms with E-state index in [0.29, 0.717) is 16.7 Å². The molecule has 2 amide bonds. The molecule has 162 valence electrons. The summed E-state index contributed by atoms with van der Waals surface area (Å²) < 4.78 is 14.3. The highest BCUT2D eigenvalue weighted by atomic mass is 19.1. The average Bonchev–Trinajstić information content (AvgIpc) is 2.98. The lowest BCUT2D eigenvalue weighted by atomic mass is 9.99. The standard InChI is InChI=1S/C27H25FN2O2/c1-16-9-12-23(19(4)13-16)29-25-24(20-11-10-17(2)18(3)14-20)26(31)30(27(25)32)15-21-7-5-6-8-22(21)28/h5-14,29H,15H2,1-4H3. The van der Waals surface area contributed by atoms with E-state index in [-0.39, 0.29) is 12.2 Å². The molecular formula is C27H25FN2O2. The second-order valence-electron chi connectivity index (χ2n) is 8.28. The number of hydrogen-bond donors (Lipinski definition) is 1. The van der Waals surface area contributed by atoms with Crippen LogP contribution < -0.4 is 5.32 Å². The molecule has 0 fully saturated rings. The molecule has 1 aliphatic heterocycles. The van der Waals surface area contributed by atoms with Crippen molar-refractivity contribution in [2.75, 3.05) is 5.32 Å². The minimum absolute atomic E-state index is 0.128. The van der Waals surface area contributed by atoms with Crippen molar-refractivity contribution in [3.63, 3.8) is 0 Å². The molecule has 5 heteroatoms. The van der Waals surface area contributed by atoms with Crippen LogP contribution in [-0.4, -0.2) is 16.7 Å². The zero-order chi connectivity index (χ0) is 23.0. The van der Waals surface area contributed by atoms with Gasteiger partial charge in [0.05, 0.1) is 12.1 Å². The molecule has 0 saturated carbocycles. The van der Waals surface area contributed by atoms with Crippen LogP contribution in [0.25, 0.3) is 5.57 Å². The van der Waals surface area contributed by atoms with Crippen LogP contribution in [0, 0.1) is 33.5 Å².